The lowest BCUT2D eigenvalue weighted by Gasteiger charge is -2.30. The first-order chi connectivity index (χ1) is 33.1. The maximum Gasteiger partial charge on any atom is 0.329 e. The van der Waals surface area contributed by atoms with Gasteiger partial charge in [-0.25, -0.2) is 4.79 Å². The highest BCUT2D eigenvalue weighted by molar-refractivity contribution is 5.98. The van der Waals surface area contributed by atoms with E-state index in [-0.39, 0.29) is 56.3 Å². The first-order valence-electron chi connectivity index (χ1n) is 26.0. The highest BCUT2D eigenvalue weighted by Crippen LogP contribution is 2.19. The van der Waals surface area contributed by atoms with Crippen molar-refractivity contribution in [3.8, 4) is 0 Å². The number of amides is 8. The van der Waals surface area contributed by atoms with Crippen LogP contribution >= 0.6 is 0 Å². The normalized spacial score (nSPS) is 24.7. The maximum atomic E-state index is 14.2. The molecule has 1 fully saturated rings. The molecule has 0 radical (unpaired) electrons. The number of primary amides is 1. The summed E-state index contributed by atoms with van der Waals surface area (Å²) in [5.41, 5.74) is 5.48. The Bertz CT molecular complexity index is 1770. The highest BCUT2D eigenvalue weighted by Gasteiger charge is 2.38. The number of carboxylic acid groups (broad SMARTS) is 1. The molecule has 0 aromatic rings. The van der Waals surface area contributed by atoms with Gasteiger partial charge in [-0.2, -0.15) is 0 Å². The lowest BCUT2D eigenvalue weighted by molar-refractivity contribution is -0.156. The molecule has 1 saturated heterocycles. The third-order valence-corrected chi connectivity index (χ3v) is 12.4. The van der Waals surface area contributed by atoms with Gasteiger partial charge in [0.2, 0.25) is 47.3 Å². The molecule has 20 heteroatoms. The van der Waals surface area contributed by atoms with E-state index in [1.165, 1.54) is 0 Å². The zero-order chi connectivity index (χ0) is 54.1. The number of esters is 1. The Labute approximate surface area is 422 Å². The van der Waals surface area contributed by atoms with Crippen molar-refractivity contribution in [3.63, 3.8) is 0 Å². The quantitative estimate of drug-likeness (QED) is 0.0555. The number of hydrogen-bond donors (Lipinski definition) is 9. The standard InChI is InChI=1S/C51H90N8O12/c1-13-33(12)44-51(70)71-34(20-18-16-14-15-17-19-28(2)3)26-41(61)53-35(21-22-40(52)60)45(64)54-36(23-29(4)5)46(65)55-37(24-30(6)7)48(67)58-43(32(10)11)50(69)57-39(27-42(62)63)47(66)56-38(25-31(8)9)49(68)59-44/h28-39,43-44H,13-27H2,1-12H3,(H2,52,60)(H,53,61)(H,54,64)(H,55,65)(H,56,66)(H,57,69)(H,58,67)(H,59,68)(H,62,63)/t33-,34+,35-,36-,37+,38+,39-,43-,44-/m0/s1. The average molecular weight is 1010 g/mol. The van der Waals surface area contributed by atoms with Gasteiger partial charge < -0.3 is 52.8 Å². The fourth-order valence-corrected chi connectivity index (χ4v) is 8.19. The minimum Gasteiger partial charge on any atom is -0.481 e. The van der Waals surface area contributed by atoms with E-state index in [1.54, 1.807) is 41.5 Å². The van der Waals surface area contributed by atoms with Crippen molar-refractivity contribution in [1.29, 1.82) is 0 Å². The van der Waals surface area contributed by atoms with Crippen LogP contribution in [0.4, 0.5) is 0 Å². The predicted molar refractivity (Wildman–Crippen MR) is 269 cm³/mol. The molecule has 0 unspecified atom stereocenters. The summed E-state index contributed by atoms with van der Waals surface area (Å²) < 4.78 is 6.06. The Morgan fingerprint density at radius 3 is 1.44 bits per heavy atom. The number of hydrogen-bond acceptors (Lipinski definition) is 11. The van der Waals surface area contributed by atoms with Gasteiger partial charge in [0.1, 0.15) is 48.4 Å². The van der Waals surface area contributed by atoms with Gasteiger partial charge in [0.05, 0.1) is 12.8 Å². The monoisotopic (exact) mass is 1010 g/mol. The van der Waals surface area contributed by atoms with Gasteiger partial charge in [-0.15, -0.1) is 0 Å². The van der Waals surface area contributed by atoms with E-state index in [2.05, 4.69) is 51.1 Å². The number of ether oxygens (including phenoxy) is 1. The summed E-state index contributed by atoms with van der Waals surface area (Å²) in [6.07, 6.45) is 3.44. The molecule has 0 aromatic carbocycles. The molecule has 71 heavy (non-hydrogen) atoms. The summed E-state index contributed by atoms with van der Waals surface area (Å²) in [5, 5.41) is 28.4. The predicted octanol–water partition coefficient (Wildman–Crippen LogP) is 3.66. The largest absolute Gasteiger partial charge is 0.481 e. The van der Waals surface area contributed by atoms with Crippen LogP contribution in [-0.2, 0) is 52.7 Å². The smallest absolute Gasteiger partial charge is 0.329 e. The number of carboxylic acids is 1. The molecule has 0 aromatic heterocycles. The average Bonchev–Trinajstić information content (AvgIpc) is 3.25. The van der Waals surface area contributed by atoms with Crippen molar-refractivity contribution in [2.75, 3.05) is 0 Å². The Morgan fingerprint density at radius 1 is 0.549 bits per heavy atom. The van der Waals surface area contributed by atoms with Gasteiger partial charge >= 0.3 is 11.9 Å². The molecule has 1 aliphatic rings. The zero-order valence-electron chi connectivity index (χ0n) is 44.7. The van der Waals surface area contributed by atoms with E-state index in [0.717, 1.165) is 32.1 Å². The molecule has 406 valence electrons. The van der Waals surface area contributed by atoms with Gasteiger partial charge in [0.15, 0.2) is 0 Å². The molecule has 0 aliphatic carbocycles. The minimum atomic E-state index is -1.72. The molecule has 8 amide bonds. The Hall–Kier alpha value is -5.30. The number of rotatable bonds is 22. The van der Waals surface area contributed by atoms with Crippen LogP contribution in [0.2, 0.25) is 0 Å². The Balaban J connectivity index is 4.01. The van der Waals surface area contributed by atoms with Gasteiger partial charge in [0.25, 0.3) is 0 Å². The second kappa shape index (κ2) is 32.6. The third kappa shape index (κ3) is 25.6. The van der Waals surface area contributed by atoms with E-state index < -0.39 is 132 Å². The molecular formula is C51H90N8O12. The summed E-state index contributed by atoms with van der Waals surface area (Å²) >= 11 is 0. The van der Waals surface area contributed by atoms with Crippen molar-refractivity contribution >= 4 is 59.2 Å². The Kier molecular flexibility index (Phi) is 29.3. The van der Waals surface area contributed by atoms with Crippen LogP contribution in [0, 0.1) is 35.5 Å². The van der Waals surface area contributed by atoms with Crippen LogP contribution in [-0.4, -0.2) is 113 Å². The van der Waals surface area contributed by atoms with E-state index in [0.29, 0.717) is 18.8 Å². The number of unbranched alkanes of at least 4 members (excludes halogenated alkanes) is 4. The molecule has 10 N–H and O–H groups in total. The lowest BCUT2D eigenvalue weighted by Crippen LogP contribution is -2.61. The topological polar surface area (TPSA) is 310 Å². The van der Waals surface area contributed by atoms with Crippen molar-refractivity contribution in [2.45, 2.75) is 228 Å². The van der Waals surface area contributed by atoms with E-state index in [1.807, 2.05) is 27.7 Å². The van der Waals surface area contributed by atoms with Crippen LogP contribution in [0.5, 0.6) is 0 Å². The molecule has 9 atom stereocenters. The molecule has 1 heterocycles. The van der Waals surface area contributed by atoms with Crippen LogP contribution in [0.3, 0.4) is 0 Å². The SMILES string of the molecule is CC[C@H](C)[C@@H]1NC(=O)[C@@H](CC(C)C)NC(=O)[C@H](CC(=O)O)NC(=O)[C@H](C(C)C)NC(=O)[C@@H](CC(C)C)NC(=O)[C@H](CC(C)C)NC(=O)[C@H](CCC(N)=O)NC(=O)C[C@@H](CCCCCCCC(C)C)OC1=O. The molecule has 0 spiro atoms. The van der Waals surface area contributed by atoms with Crippen molar-refractivity contribution in [3.05, 3.63) is 0 Å². The summed E-state index contributed by atoms with van der Waals surface area (Å²) in [5.74, 6) is -9.85. The molecule has 0 saturated carbocycles. The Morgan fingerprint density at radius 2 is 0.986 bits per heavy atom. The molecule has 1 rings (SSSR count). The number of carbonyl (C=O) groups is 10. The number of carbonyl (C=O) groups excluding carboxylic acids is 9. The van der Waals surface area contributed by atoms with Gasteiger partial charge in [-0.3, -0.25) is 43.2 Å². The van der Waals surface area contributed by atoms with Crippen LogP contribution in [0.15, 0.2) is 0 Å². The van der Waals surface area contributed by atoms with E-state index in [4.69, 9.17) is 10.5 Å². The molecular weight excluding hydrogens is 917 g/mol. The fraction of sp³-hybridized carbons (Fsp3) is 0.804. The van der Waals surface area contributed by atoms with Crippen LogP contribution in [0.1, 0.15) is 179 Å². The summed E-state index contributed by atoms with van der Waals surface area (Å²) in [4.78, 5) is 137. The lowest BCUT2D eigenvalue weighted by atomic mass is 9.97. The molecule has 0 bridgehead atoms. The summed E-state index contributed by atoms with van der Waals surface area (Å²) in [6, 6.07) is -9.49. The van der Waals surface area contributed by atoms with Crippen LogP contribution < -0.4 is 43.0 Å². The second-order valence-electron chi connectivity index (χ2n) is 21.5. The van der Waals surface area contributed by atoms with Gasteiger partial charge in [0, 0.05) is 6.42 Å². The third-order valence-electron chi connectivity index (χ3n) is 12.4. The van der Waals surface area contributed by atoms with Crippen molar-refractivity contribution in [1.82, 2.24) is 37.2 Å². The van der Waals surface area contributed by atoms with E-state index in [9.17, 15) is 53.1 Å². The van der Waals surface area contributed by atoms with Crippen molar-refractivity contribution < 1.29 is 57.8 Å². The number of cyclic esters (lactones) is 1. The minimum absolute atomic E-state index is 0.0453. The number of nitrogens with one attached hydrogen (secondary N) is 7. The maximum absolute atomic E-state index is 14.2. The summed E-state index contributed by atoms with van der Waals surface area (Å²) in [6.45, 7) is 21.9. The summed E-state index contributed by atoms with van der Waals surface area (Å²) in [7, 11) is 0. The van der Waals surface area contributed by atoms with Gasteiger partial charge in [-0.1, -0.05) is 122 Å². The highest BCUT2D eigenvalue weighted by atomic mass is 16.5. The van der Waals surface area contributed by atoms with E-state index >= 15 is 0 Å². The second-order valence-corrected chi connectivity index (χ2v) is 21.5. The zero-order valence-corrected chi connectivity index (χ0v) is 44.7. The molecule has 20 nitrogen and oxygen atoms in total. The number of nitrogens with two attached hydrogens (primary N) is 1. The first-order valence-corrected chi connectivity index (χ1v) is 26.0. The molecule has 1 aliphatic heterocycles. The fourth-order valence-electron chi connectivity index (χ4n) is 8.19. The van der Waals surface area contributed by atoms with Gasteiger partial charge in [-0.05, 0) is 74.0 Å². The van der Waals surface area contributed by atoms with Crippen LogP contribution in [0.25, 0.3) is 0 Å². The van der Waals surface area contributed by atoms with Crippen molar-refractivity contribution in [2.24, 2.45) is 41.2 Å². The first kappa shape index (κ1) is 63.7. The number of aliphatic carboxylic acids is 1.